The molecule has 0 aliphatic rings. The molecule has 0 aliphatic heterocycles. The summed E-state index contributed by atoms with van der Waals surface area (Å²) in [5, 5.41) is 11.2. The predicted molar refractivity (Wildman–Crippen MR) is 129 cm³/mol. The number of amides is 2. The SMILES string of the molecule is CNC(=O)c1cnc(Nc2cc(NCCOC)nc(C)n2)cc1NC(=O)c1c(F)cccc1OC. The van der Waals surface area contributed by atoms with Crippen LogP contribution in [-0.4, -0.2) is 61.2 Å². The number of carbonyl (C=O) groups is 2. The maximum absolute atomic E-state index is 14.4. The number of aromatic nitrogens is 3. The maximum atomic E-state index is 14.4. The Morgan fingerprint density at radius 1 is 1.06 bits per heavy atom. The zero-order valence-electron chi connectivity index (χ0n) is 19.7. The molecule has 3 rings (SSSR count). The zero-order valence-corrected chi connectivity index (χ0v) is 19.7. The highest BCUT2D eigenvalue weighted by Crippen LogP contribution is 2.26. The molecule has 0 saturated carbocycles. The van der Waals surface area contributed by atoms with Crippen molar-refractivity contribution in [2.45, 2.75) is 6.92 Å². The van der Waals surface area contributed by atoms with Crippen molar-refractivity contribution < 1.29 is 23.5 Å². The molecule has 2 heterocycles. The second kappa shape index (κ2) is 11.7. The summed E-state index contributed by atoms with van der Waals surface area (Å²) < 4.78 is 24.5. The fourth-order valence-corrected chi connectivity index (χ4v) is 3.16. The molecule has 2 aromatic heterocycles. The van der Waals surface area contributed by atoms with E-state index in [0.29, 0.717) is 30.6 Å². The van der Waals surface area contributed by atoms with Gasteiger partial charge in [0.1, 0.15) is 40.4 Å². The van der Waals surface area contributed by atoms with Gasteiger partial charge in [0, 0.05) is 39.0 Å². The third-order valence-corrected chi connectivity index (χ3v) is 4.75. The van der Waals surface area contributed by atoms with Gasteiger partial charge in [0.2, 0.25) is 0 Å². The van der Waals surface area contributed by atoms with Crippen LogP contribution in [0.5, 0.6) is 5.75 Å². The van der Waals surface area contributed by atoms with Crippen LogP contribution in [0.2, 0.25) is 0 Å². The van der Waals surface area contributed by atoms with Gasteiger partial charge < -0.3 is 30.7 Å². The number of nitrogens with one attached hydrogen (secondary N) is 4. The minimum Gasteiger partial charge on any atom is -0.496 e. The van der Waals surface area contributed by atoms with Crippen molar-refractivity contribution in [3.63, 3.8) is 0 Å². The van der Waals surface area contributed by atoms with Crippen LogP contribution in [0.15, 0.2) is 36.5 Å². The smallest absolute Gasteiger partial charge is 0.262 e. The first-order valence-corrected chi connectivity index (χ1v) is 10.6. The lowest BCUT2D eigenvalue weighted by Gasteiger charge is -2.14. The Kier molecular flexibility index (Phi) is 8.46. The number of hydrogen-bond acceptors (Lipinski definition) is 9. The second-order valence-corrected chi connectivity index (χ2v) is 7.20. The molecule has 184 valence electrons. The van der Waals surface area contributed by atoms with E-state index in [-0.39, 0.29) is 28.4 Å². The summed E-state index contributed by atoms with van der Waals surface area (Å²) in [7, 11) is 4.38. The molecule has 0 atom stereocenters. The lowest BCUT2D eigenvalue weighted by atomic mass is 10.1. The lowest BCUT2D eigenvalue weighted by Crippen LogP contribution is -2.22. The number of rotatable bonds is 10. The number of aryl methyl sites for hydroxylation is 1. The van der Waals surface area contributed by atoms with Crippen LogP contribution in [0.3, 0.4) is 0 Å². The number of ether oxygens (including phenoxy) is 2. The second-order valence-electron chi connectivity index (χ2n) is 7.20. The van der Waals surface area contributed by atoms with Gasteiger partial charge in [-0.15, -0.1) is 0 Å². The molecule has 11 nitrogen and oxygen atoms in total. The summed E-state index contributed by atoms with van der Waals surface area (Å²) in [5.74, 6) is -0.162. The summed E-state index contributed by atoms with van der Waals surface area (Å²) in [5.41, 5.74) is -0.0914. The van der Waals surface area contributed by atoms with E-state index in [2.05, 4.69) is 36.2 Å². The van der Waals surface area contributed by atoms with Crippen molar-refractivity contribution >= 4 is 35.0 Å². The number of pyridine rings is 1. The first kappa shape index (κ1) is 25.3. The zero-order chi connectivity index (χ0) is 25.4. The number of anilines is 4. The Hall–Kier alpha value is -4.32. The van der Waals surface area contributed by atoms with Gasteiger partial charge >= 0.3 is 0 Å². The number of carbonyl (C=O) groups excluding carboxylic acids is 2. The Balaban J connectivity index is 1.91. The molecule has 0 bridgehead atoms. The molecular formula is C23H26FN7O4. The molecule has 0 aliphatic carbocycles. The molecule has 35 heavy (non-hydrogen) atoms. The molecule has 12 heteroatoms. The molecule has 0 saturated heterocycles. The quantitative estimate of drug-likeness (QED) is 0.321. The van der Waals surface area contributed by atoms with Crippen LogP contribution in [-0.2, 0) is 4.74 Å². The van der Waals surface area contributed by atoms with Crippen LogP contribution in [0.4, 0.5) is 27.5 Å². The molecule has 0 spiro atoms. The largest absolute Gasteiger partial charge is 0.496 e. The summed E-state index contributed by atoms with van der Waals surface area (Å²) in [4.78, 5) is 38.2. The summed E-state index contributed by atoms with van der Waals surface area (Å²) >= 11 is 0. The van der Waals surface area contributed by atoms with Crippen molar-refractivity contribution in [3.05, 3.63) is 59.3 Å². The number of methoxy groups -OCH3 is 2. The van der Waals surface area contributed by atoms with E-state index in [9.17, 15) is 14.0 Å². The minimum atomic E-state index is -0.787. The minimum absolute atomic E-state index is 0.0568. The predicted octanol–water partition coefficient (Wildman–Crippen LogP) is 2.74. The van der Waals surface area contributed by atoms with Gasteiger partial charge in [-0.25, -0.2) is 19.3 Å². The molecular weight excluding hydrogens is 457 g/mol. The van der Waals surface area contributed by atoms with Gasteiger partial charge in [0.25, 0.3) is 11.8 Å². The van der Waals surface area contributed by atoms with Crippen LogP contribution in [0.1, 0.15) is 26.5 Å². The highest BCUT2D eigenvalue weighted by atomic mass is 19.1. The van der Waals surface area contributed by atoms with Gasteiger partial charge in [0.15, 0.2) is 0 Å². The van der Waals surface area contributed by atoms with Gasteiger partial charge in [-0.2, -0.15) is 0 Å². The maximum Gasteiger partial charge on any atom is 0.262 e. The van der Waals surface area contributed by atoms with E-state index >= 15 is 0 Å². The third kappa shape index (κ3) is 6.38. The first-order valence-electron chi connectivity index (χ1n) is 10.6. The number of nitrogens with zero attached hydrogens (tertiary/aromatic N) is 3. The van der Waals surface area contributed by atoms with Crippen LogP contribution in [0.25, 0.3) is 0 Å². The standard InChI is InChI=1S/C23H26FN7O4/c1-13-28-19(26-8-9-34-3)11-20(29-13)31-18-10-16(14(12-27-18)22(32)25-2)30-23(33)21-15(24)6-5-7-17(21)35-4/h5-7,10-12H,8-9H2,1-4H3,(H,25,32)(H3,26,27,28,29,30,31,33). The van der Waals surface area contributed by atoms with Gasteiger partial charge in [-0.3, -0.25) is 9.59 Å². The van der Waals surface area contributed by atoms with Crippen molar-refractivity contribution in [1.82, 2.24) is 20.3 Å². The van der Waals surface area contributed by atoms with E-state index in [1.807, 2.05) is 0 Å². The van der Waals surface area contributed by atoms with Crippen LogP contribution < -0.4 is 26.0 Å². The molecule has 0 fully saturated rings. The highest BCUT2D eigenvalue weighted by Gasteiger charge is 2.21. The number of halogens is 1. The number of hydrogen-bond donors (Lipinski definition) is 4. The molecule has 2 amide bonds. The molecule has 4 N–H and O–H groups in total. The van der Waals surface area contributed by atoms with Crippen molar-refractivity contribution in [3.8, 4) is 5.75 Å². The van der Waals surface area contributed by atoms with Crippen molar-refractivity contribution in [2.24, 2.45) is 0 Å². The van der Waals surface area contributed by atoms with Gasteiger partial charge in [0.05, 0.1) is 25.0 Å². The van der Waals surface area contributed by atoms with Gasteiger partial charge in [-0.05, 0) is 19.1 Å². The van der Waals surface area contributed by atoms with Crippen LogP contribution >= 0.6 is 0 Å². The summed E-state index contributed by atoms with van der Waals surface area (Å²) in [6.07, 6.45) is 1.29. The highest BCUT2D eigenvalue weighted by molar-refractivity contribution is 6.10. The molecule has 0 radical (unpaired) electrons. The van der Waals surface area contributed by atoms with E-state index < -0.39 is 17.6 Å². The Bertz CT molecular complexity index is 1220. The van der Waals surface area contributed by atoms with E-state index in [1.54, 1.807) is 20.1 Å². The van der Waals surface area contributed by atoms with Crippen LogP contribution in [0, 0.1) is 12.7 Å². The number of benzene rings is 1. The third-order valence-electron chi connectivity index (χ3n) is 4.75. The molecule has 1 aromatic carbocycles. The monoisotopic (exact) mass is 483 g/mol. The summed E-state index contributed by atoms with van der Waals surface area (Å²) in [6.45, 7) is 2.80. The van der Waals surface area contributed by atoms with E-state index in [4.69, 9.17) is 9.47 Å². The fourth-order valence-electron chi connectivity index (χ4n) is 3.16. The fraction of sp³-hybridized carbons (Fsp3) is 0.261. The van der Waals surface area contributed by atoms with Crippen molar-refractivity contribution in [1.29, 1.82) is 0 Å². The Morgan fingerprint density at radius 3 is 2.54 bits per heavy atom. The Labute approximate surface area is 201 Å². The first-order chi connectivity index (χ1) is 16.9. The average Bonchev–Trinajstić information content (AvgIpc) is 2.83. The van der Waals surface area contributed by atoms with E-state index in [1.165, 1.54) is 38.6 Å². The average molecular weight is 484 g/mol. The molecule has 0 unspecified atom stereocenters. The topological polar surface area (TPSA) is 139 Å². The lowest BCUT2D eigenvalue weighted by molar-refractivity contribution is 0.0963. The normalized spacial score (nSPS) is 10.4. The van der Waals surface area contributed by atoms with Crippen molar-refractivity contribution in [2.75, 3.05) is 50.4 Å². The Morgan fingerprint density at radius 2 is 1.83 bits per heavy atom. The van der Waals surface area contributed by atoms with Gasteiger partial charge in [-0.1, -0.05) is 6.07 Å². The molecule has 3 aromatic rings. The summed E-state index contributed by atoms with van der Waals surface area (Å²) in [6, 6.07) is 7.17. The van der Waals surface area contributed by atoms with E-state index in [0.717, 1.165) is 6.07 Å².